The lowest BCUT2D eigenvalue weighted by Crippen LogP contribution is -2.32. The molecule has 6 heteroatoms. The van der Waals surface area contributed by atoms with Crippen molar-refractivity contribution in [3.63, 3.8) is 0 Å². The molecule has 0 saturated carbocycles. The fraction of sp³-hybridized carbons (Fsp3) is 0.409. The molecule has 3 heterocycles. The molecule has 0 spiro atoms. The molecule has 2 aromatic rings. The van der Waals surface area contributed by atoms with Crippen LogP contribution < -0.4 is 15.1 Å². The van der Waals surface area contributed by atoms with Gasteiger partial charge >= 0.3 is 0 Å². The first-order chi connectivity index (χ1) is 13.6. The molecule has 0 bridgehead atoms. The minimum absolute atomic E-state index is 0.00392. The topological polar surface area (TPSA) is 65.5 Å². The van der Waals surface area contributed by atoms with Crippen molar-refractivity contribution in [2.75, 3.05) is 29.4 Å². The maximum Gasteiger partial charge on any atom is 0.227 e. The Morgan fingerprint density at radius 2 is 1.93 bits per heavy atom. The second-order valence-corrected chi connectivity index (χ2v) is 7.68. The minimum Gasteiger partial charge on any atom is -0.357 e. The van der Waals surface area contributed by atoms with Crippen LogP contribution in [0.4, 0.5) is 11.5 Å². The number of nitrogens with zero attached hydrogens (tertiary/aromatic N) is 3. The predicted molar refractivity (Wildman–Crippen MR) is 109 cm³/mol. The number of carbonyl (C=O) groups excluding carboxylic acids is 2. The van der Waals surface area contributed by atoms with Gasteiger partial charge in [0.15, 0.2) is 0 Å². The van der Waals surface area contributed by atoms with E-state index in [0.29, 0.717) is 13.1 Å². The Balaban J connectivity index is 1.35. The van der Waals surface area contributed by atoms with Crippen LogP contribution in [0.25, 0.3) is 0 Å². The summed E-state index contributed by atoms with van der Waals surface area (Å²) >= 11 is 0. The summed E-state index contributed by atoms with van der Waals surface area (Å²) in [6.45, 7) is 4.99. The van der Waals surface area contributed by atoms with Gasteiger partial charge in [0.05, 0.1) is 5.92 Å². The van der Waals surface area contributed by atoms with E-state index in [1.54, 1.807) is 11.1 Å². The molecule has 2 aliphatic heterocycles. The zero-order valence-electron chi connectivity index (χ0n) is 16.2. The summed E-state index contributed by atoms with van der Waals surface area (Å²) in [6.07, 6.45) is 4.47. The van der Waals surface area contributed by atoms with Gasteiger partial charge in [-0.1, -0.05) is 17.7 Å². The van der Waals surface area contributed by atoms with Crippen molar-refractivity contribution in [1.29, 1.82) is 0 Å². The summed E-state index contributed by atoms with van der Waals surface area (Å²) in [5.41, 5.74) is 3.04. The van der Waals surface area contributed by atoms with Crippen molar-refractivity contribution in [1.82, 2.24) is 10.3 Å². The van der Waals surface area contributed by atoms with E-state index in [1.165, 1.54) is 12.8 Å². The van der Waals surface area contributed by atoms with Gasteiger partial charge in [-0.05, 0) is 49.6 Å². The molecule has 4 rings (SSSR count). The highest BCUT2D eigenvalue weighted by molar-refractivity contribution is 6.00. The van der Waals surface area contributed by atoms with E-state index in [1.807, 2.05) is 43.3 Å². The number of rotatable bonds is 5. The monoisotopic (exact) mass is 378 g/mol. The number of benzene rings is 1. The Labute approximate surface area is 165 Å². The number of carbonyl (C=O) groups is 2. The van der Waals surface area contributed by atoms with Crippen LogP contribution in [0.2, 0.25) is 0 Å². The molecule has 28 heavy (non-hydrogen) atoms. The van der Waals surface area contributed by atoms with Gasteiger partial charge in [0.1, 0.15) is 5.82 Å². The Hall–Kier alpha value is -2.89. The van der Waals surface area contributed by atoms with E-state index in [0.717, 1.165) is 35.7 Å². The average Bonchev–Trinajstić information content (AvgIpc) is 3.37. The molecule has 2 aliphatic rings. The molecule has 1 N–H and O–H groups in total. The zero-order valence-corrected chi connectivity index (χ0v) is 16.2. The zero-order chi connectivity index (χ0) is 19.5. The Kier molecular flexibility index (Phi) is 5.28. The molecule has 146 valence electrons. The van der Waals surface area contributed by atoms with Gasteiger partial charge in [-0.2, -0.15) is 0 Å². The van der Waals surface area contributed by atoms with E-state index < -0.39 is 0 Å². The lowest BCUT2D eigenvalue weighted by molar-refractivity contribution is -0.126. The number of aromatic nitrogens is 1. The summed E-state index contributed by atoms with van der Waals surface area (Å²) in [5.74, 6) is 0.603. The molecule has 0 aliphatic carbocycles. The van der Waals surface area contributed by atoms with E-state index in [-0.39, 0.29) is 24.2 Å². The third kappa shape index (κ3) is 4.01. The average molecular weight is 378 g/mol. The van der Waals surface area contributed by atoms with Gasteiger partial charge in [0.2, 0.25) is 11.8 Å². The lowest BCUT2D eigenvalue weighted by Gasteiger charge is -2.18. The molecule has 1 unspecified atom stereocenters. The lowest BCUT2D eigenvalue weighted by atomic mass is 10.1. The molecule has 1 atom stereocenters. The van der Waals surface area contributed by atoms with Crippen LogP contribution in [0.15, 0.2) is 42.6 Å². The maximum absolute atomic E-state index is 12.6. The largest absolute Gasteiger partial charge is 0.357 e. The third-order valence-corrected chi connectivity index (χ3v) is 5.55. The van der Waals surface area contributed by atoms with Gasteiger partial charge in [0.25, 0.3) is 0 Å². The van der Waals surface area contributed by atoms with Gasteiger partial charge in [-0.3, -0.25) is 9.59 Å². The first-order valence-electron chi connectivity index (χ1n) is 9.95. The summed E-state index contributed by atoms with van der Waals surface area (Å²) in [7, 11) is 0. The smallest absolute Gasteiger partial charge is 0.227 e. The van der Waals surface area contributed by atoms with Crippen LogP contribution in [-0.4, -0.2) is 36.4 Å². The van der Waals surface area contributed by atoms with Crippen LogP contribution in [0.3, 0.4) is 0 Å². The molecule has 1 aromatic carbocycles. The van der Waals surface area contributed by atoms with Crippen molar-refractivity contribution in [3.8, 4) is 0 Å². The van der Waals surface area contributed by atoms with Gasteiger partial charge < -0.3 is 15.1 Å². The van der Waals surface area contributed by atoms with E-state index in [9.17, 15) is 9.59 Å². The Morgan fingerprint density at radius 3 is 2.68 bits per heavy atom. The standard InChI is InChI=1S/C22H26N4O2/c1-16-4-6-19(7-5-16)26-15-18(13-21(26)27)22(28)24-14-17-8-9-23-20(12-17)25-10-2-3-11-25/h4-9,12,18H,2-3,10-11,13-15H2,1H3,(H,24,28). The molecule has 2 fully saturated rings. The Bertz CT molecular complexity index is 859. The van der Waals surface area contributed by atoms with Crippen LogP contribution in [-0.2, 0) is 16.1 Å². The van der Waals surface area contributed by atoms with Crippen LogP contribution in [0.5, 0.6) is 0 Å². The second kappa shape index (κ2) is 8.00. The highest BCUT2D eigenvalue weighted by Crippen LogP contribution is 2.25. The molecular weight excluding hydrogens is 352 g/mol. The fourth-order valence-electron chi connectivity index (χ4n) is 3.88. The van der Waals surface area contributed by atoms with Gasteiger partial charge in [0, 0.05) is 44.5 Å². The van der Waals surface area contributed by atoms with Crippen molar-refractivity contribution in [3.05, 3.63) is 53.7 Å². The maximum atomic E-state index is 12.6. The van der Waals surface area contributed by atoms with Crippen molar-refractivity contribution >= 4 is 23.3 Å². The number of anilines is 2. The predicted octanol–water partition coefficient (Wildman–Crippen LogP) is 2.66. The van der Waals surface area contributed by atoms with Crippen molar-refractivity contribution < 1.29 is 9.59 Å². The molecule has 2 saturated heterocycles. The highest BCUT2D eigenvalue weighted by Gasteiger charge is 2.34. The molecule has 6 nitrogen and oxygen atoms in total. The van der Waals surface area contributed by atoms with Crippen LogP contribution >= 0.6 is 0 Å². The van der Waals surface area contributed by atoms with Gasteiger partial charge in [-0.15, -0.1) is 0 Å². The summed E-state index contributed by atoms with van der Waals surface area (Å²) < 4.78 is 0. The highest BCUT2D eigenvalue weighted by atomic mass is 16.2. The number of amides is 2. The van der Waals surface area contributed by atoms with E-state index in [4.69, 9.17) is 0 Å². The molecular formula is C22H26N4O2. The number of hydrogen-bond acceptors (Lipinski definition) is 4. The minimum atomic E-state index is -0.311. The van der Waals surface area contributed by atoms with E-state index >= 15 is 0 Å². The number of aryl methyl sites for hydroxylation is 1. The third-order valence-electron chi connectivity index (χ3n) is 5.55. The molecule has 2 amide bonds. The normalized spacial score (nSPS) is 19.3. The number of nitrogens with one attached hydrogen (secondary N) is 1. The number of hydrogen-bond donors (Lipinski definition) is 1. The SMILES string of the molecule is Cc1ccc(N2CC(C(=O)NCc3ccnc(N4CCCC4)c3)CC2=O)cc1. The Morgan fingerprint density at radius 1 is 1.18 bits per heavy atom. The van der Waals surface area contributed by atoms with Crippen LogP contribution in [0.1, 0.15) is 30.4 Å². The first kappa shape index (κ1) is 18.5. The summed E-state index contributed by atoms with van der Waals surface area (Å²) in [4.78, 5) is 33.4. The summed E-state index contributed by atoms with van der Waals surface area (Å²) in [5, 5.41) is 3.00. The number of pyridine rings is 1. The molecule has 1 aromatic heterocycles. The molecule has 0 radical (unpaired) electrons. The fourth-order valence-corrected chi connectivity index (χ4v) is 3.88. The summed E-state index contributed by atoms with van der Waals surface area (Å²) in [6, 6.07) is 11.8. The second-order valence-electron chi connectivity index (χ2n) is 7.68. The van der Waals surface area contributed by atoms with Gasteiger partial charge in [-0.25, -0.2) is 4.98 Å². The quantitative estimate of drug-likeness (QED) is 0.869. The van der Waals surface area contributed by atoms with Crippen molar-refractivity contribution in [2.45, 2.75) is 32.7 Å². The first-order valence-corrected chi connectivity index (χ1v) is 9.95. The van der Waals surface area contributed by atoms with Crippen LogP contribution in [0, 0.1) is 12.8 Å². The van der Waals surface area contributed by atoms with E-state index in [2.05, 4.69) is 15.2 Å². The van der Waals surface area contributed by atoms with Crippen molar-refractivity contribution in [2.24, 2.45) is 5.92 Å².